The van der Waals surface area contributed by atoms with Gasteiger partial charge in [-0.05, 0) is 44.9 Å². The zero-order chi connectivity index (χ0) is 18.9. The molecule has 25 heavy (non-hydrogen) atoms. The van der Waals surface area contributed by atoms with Crippen molar-refractivity contribution in [2.45, 2.75) is 33.2 Å². The Morgan fingerprint density at radius 2 is 2.00 bits per heavy atom. The molecule has 1 aromatic rings. The van der Waals surface area contributed by atoms with Crippen LogP contribution in [0.5, 0.6) is 0 Å². The van der Waals surface area contributed by atoms with Gasteiger partial charge in [-0.1, -0.05) is 29.3 Å². The van der Waals surface area contributed by atoms with Crippen molar-refractivity contribution in [3.05, 3.63) is 33.8 Å². The van der Waals surface area contributed by atoms with Crippen molar-refractivity contribution in [3.8, 4) is 0 Å². The summed E-state index contributed by atoms with van der Waals surface area (Å²) in [6.07, 6.45) is 0.617. The van der Waals surface area contributed by atoms with E-state index in [2.05, 4.69) is 20.3 Å². The van der Waals surface area contributed by atoms with Gasteiger partial charge < -0.3 is 10.6 Å². The molecule has 0 saturated carbocycles. The quantitative estimate of drug-likeness (QED) is 0.333. The maximum Gasteiger partial charge on any atom is 0.211 e. The van der Waals surface area contributed by atoms with E-state index >= 15 is 0 Å². The Balaban J connectivity index is 2.60. The molecule has 1 aromatic carbocycles. The molecule has 0 aliphatic carbocycles. The zero-order valence-electron chi connectivity index (χ0n) is 14.8. The predicted molar refractivity (Wildman–Crippen MR) is 106 cm³/mol. The van der Waals surface area contributed by atoms with Gasteiger partial charge >= 0.3 is 0 Å². The summed E-state index contributed by atoms with van der Waals surface area (Å²) in [6, 6.07) is 5.33. The van der Waals surface area contributed by atoms with E-state index in [0.29, 0.717) is 35.5 Å². The van der Waals surface area contributed by atoms with Crippen molar-refractivity contribution in [2.75, 3.05) is 25.4 Å². The van der Waals surface area contributed by atoms with Crippen LogP contribution in [-0.4, -0.2) is 39.8 Å². The molecule has 0 fully saturated rings. The summed E-state index contributed by atoms with van der Waals surface area (Å²) >= 11 is 12.2. The Hall–Kier alpha value is -1.02. The second-order valence-electron chi connectivity index (χ2n) is 5.44. The fourth-order valence-electron chi connectivity index (χ4n) is 2.06. The van der Waals surface area contributed by atoms with E-state index in [4.69, 9.17) is 23.2 Å². The molecule has 0 amide bonds. The molecule has 0 saturated heterocycles. The lowest BCUT2D eigenvalue weighted by atomic mass is 10.1. The summed E-state index contributed by atoms with van der Waals surface area (Å²) in [5.41, 5.74) is 0.923. The number of rotatable bonds is 9. The van der Waals surface area contributed by atoms with Crippen LogP contribution in [0.4, 0.5) is 0 Å². The van der Waals surface area contributed by atoms with Gasteiger partial charge in [-0.2, -0.15) is 0 Å². The van der Waals surface area contributed by atoms with Gasteiger partial charge in [-0.25, -0.2) is 13.1 Å². The molecular weight excluding hydrogens is 383 g/mol. The summed E-state index contributed by atoms with van der Waals surface area (Å²) in [5, 5.41) is 7.64. The number of nitrogens with one attached hydrogen (secondary N) is 3. The molecule has 0 radical (unpaired) electrons. The second-order valence-corrected chi connectivity index (χ2v) is 8.38. The number of sulfonamides is 1. The fourth-order valence-corrected chi connectivity index (χ4v) is 3.29. The van der Waals surface area contributed by atoms with Crippen molar-refractivity contribution in [1.29, 1.82) is 0 Å². The SMILES string of the molecule is CCNC(=NCCCNS(=O)(=O)CC)NC(C)c1ccc(Cl)cc1Cl. The van der Waals surface area contributed by atoms with Crippen LogP contribution < -0.4 is 15.4 Å². The average Bonchev–Trinajstić information content (AvgIpc) is 2.54. The molecule has 1 unspecified atom stereocenters. The molecule has 0 aliphatic rings. The van der Waals surface area contributed by atoms with Crippen molar-refractivity contribution >= 4 is 39.2 Å². The van der Waals surface area contributed by atoms with E-state index in [9.17, 15) is 8.42 Å². The Morgan fingerprint density at radius 3 is 2.60 bits per heavy atom. The van der Waals surface area contributed by atoms with Crippen molar-refractivity contribution < 1.29 is 8.42 Å². The van der Waals surface area contributed by atoms with E-state index in [-0.39, 0.29) is 11.8 Å². The van der Waals surface area contributed by atoms with Crippen LogP contribution in [-0.2, 0) is 10.0 Å². The maximum absolute atomic E-state index is 11.4. The first-order valence-corrected chi connectivity index (χ1v) is 10.7. The smallest absolute Gasteiger partial charge is 0.211 e. The number of guanidine groups is 1. The highest BCUT2D eigenvalue weighted by Gasteiger charge is 2.11. The third-order valence-corrected chi connectivity index (χ3v) is 5.40. The lowest BCUT2D eigenvalue weighted by molar-refractivity contribution is 0.580. The third kappa shape index (κ3) is 8.27. The highest BCUT2D eigenvalue weighted by atomic mass is 35.5. The van der Waals surface area contributed by atoms with Gasteiger partial charge in [0.05, 0.1) is 11.8 Å². The molecule has 0 bridgehead atoms. The number of hydrogen-bond donors (Lipinski definition) is 3. The van der Waals surface area contributed by atoms with Gasteiger partial charge in [0.15, 0.2) is 5.96 Å². The fraction of sp³-hybridized carbons (Fsp3) is 0.562. The van der Waals surface area contributed by atoms with Crippen LogP contribution in [0.3, 0.4) is 0 Å². The van der Waals surface area contributed by atoms with Crippen molar-refractivity contribution in [2.24, 2.45) is 4.99 Å². The number of halogens is 2. The minimum absolute atomic E-state index is 0.0545. The van der Waals surface area contributed by atoms with Crippen LogP contribution in [0.25, 0.3) is 0 Å². The summed E-state index contributed by atoms with van der Waals surface area (Å²) in [6.45, 7) is 7.16. The summed E-state index contributed by atoms with van der Waals surface area (Å²) < 4.78 is 25.3. The van der Waals surface area contributed by atoms with Crippen LogP contribution >= 0.6 is 23.2 Å². The van der Waals surface area contributed by atoms with E-state index in [1.54, 1.807) is 19.1 Å². The highest BCUT2D eigenvalue weighted by molar-refractivity contribution is 7.89. The Morgan fingerprint density at radius 1 is 1.28 bits per heavy atom. The normalized spacial score (nSPS) is 13.6. The van der Waals surface area contributed by atoms with Gasteiger partial charge in [0.25, 0.3) is 0 Å². The molecular formula is C16H26Cl2N4O2S. The molecule has 9 heteroatoms. The Bertz CT molecular complexity index is 681. The molecule has 0 spiro atoms. The van der Waals surface area contributed by atoms with Crippen molar-refractivity contribution in [1.82, 2.24) is 15.4 Å². The first-order valence-electron chi connectivity index (χ1n) is 8.26. The van der Waals surface area contributed by atoms with Crippen molar-refractivity contribution in [3.63, 3.8) is 0 Å². The Kier molecular flexibility index (Phi) is 9.56. The van der Waals surface area contributed by atoms with Gasteiger partial charge in [0.2, 0.25) is 10.0 Å². The summed E-state index contributed by atoms with van der Waals surface area (Å²) in [5.74, 6) is 0.735. The van der Waals surface area contributed by atoms with E-state index in [1.807, 2.05) is 19.9 Å². The van der Waals surface area contributed by atoms with Gasteiger partial charge in [0, 0.05) is 29.7 Å². The molecule has 142 valence electrons. The molecule has 0 aliphatic heterocycles. The lowest BCUT2D eigenvalue weighted by Gasteiger charge is -2.19. The summed E-state index contributed by atoms with van der Waals surface area (Å²) in [7, 11) is -3.15. The van der Waals surface area contributed by atoms with Gasteiger partial charge in [-0.3, -0.25) is 4.99 Å². The third-order valence-electron chi connectivity index (χ3n) is 3.43. The van der Waals surface area contributed by atoms with Crippen LogP contribution in [0.1, 0.15) is 38.8 Å². The zero-order valence-corrected chi connectivity index (χ0v) is 17.1. The second kappa shape index (κ2) is 10.9. The monoisotopic (exact) mass is 408 g/mol. The largest absolute Gasteiger partial charge is 0.357 e. The van der Waals surface area contributed by atoms with Gasteiger partial charge in [0.1, 0.15) is 0 Å². The lowest BCUT2D eigenvalue weighted by Crippen LogP contribution is -2.39. The average molecular weight is 409 g/mol. The first kappa shape index (κ1) is 22.0. The van der Waals surface area contributed by atoms with E-state index in [0.717, 1.165) is 12.1 Å². The molecule has 3 N–H and O–H groups in total. The minimum Gasteiger partial charge on any atom is -0.357 e. The highest BCUT2D eigenvalue weighted by Crippen LogP contribution is 2.25. The van der Waals surface area contributed by atoms with Gasteiger partial charge in [-0.15, -0.1) is 0 Å². The topological polar surface area (TPSA) is 82.6 Å². The Labute approximate surface area is 160 Å². The molecule has 6 nitrogen and oxygen atoms in total. The number of benzene rings is 1. The number of nitrogens with zero attached hydrogens (tertiary/aromatic N) is 1. The number of aliphatic imine (C=N–C) groups is 1. The molecule has 0 heterocycles. The minimum atomic E-state index is -3.15. The molecule has 1 atom stereocenters. The number of hydrogen-bond acceptors (Lipinski definition) is 3. The van der Waals surface area contributed by atoms with Crippen LogP contribution in [0.15, 0.2) is 23.2 Å². The van der Waals surface area contributed by atoms with E-state index < -0.39 is 10.0 Å². The van der Waals surface area contributed by atoms with Crippen LogP contribution in [0, 0.1) is 0 Å². The first-order chi connectivity index (χ1) is 11.8. The van der Waals surface area contributed by atoms with Crippen LogP contribution in [0.2, 0.25) is 10.0 Å². The maximum atomic E-state index is 11.4. The molecule has 1 rings (SSSR count). The van der Waals surface area contributed by atoms with E-state index in [1.165, 1.54) is 0 Å². The predicted octanol–water partition coefficient (Wildman–Crippen LogP) is 2.94. The summed E-state index contributed by atoms with van der Waals surface area (Å²) in [4.78, 5) is 4.46. The molecule has 0 aromatic heterocycles. The standard InChI is InChI=1S/C16H26Cl2N4O2S/c1-4-19-16(20-9-6-10-21-25(23,24)5-2)22-12(3)14-8-7-13(17)11-15(14)18/h7-8,11-12,21H,4-6,9-10H2,1-3H3,(H2,19,20,22).